The van der Waals surface area contributed by atoms with E-state index in [9.17, 15) is 4.79 Å². The number of halogens is 1. The number of ether oxygens (including phenoxy) is 2. The van der Waals surface area contributed by atoms with Gasteiger partial charge in [0.05, 0.1) is 20.6 Å². The molecule has 0 spiro atoms. The lowest BCUT2D eigenvalue weighted by Gasteiger charge is -2.13. The van der Waals surface area contributed by atoms with Crippen LogP contribution in [0.3, 0.4) is 0 Å². The van der Waals surface area contributed by atoms with Crippen LogP contribution in [0.15, 0.2) is 18.2 Å². The Hall–Kier alpha value is -1.46. The second kappa shape index (κ2) is 10.3. The Kier molecular flexibility index (Phi) is 9.59. The van der Waals surface area contributed by atoms with Crippen LogP contribution in [0.2, 0.25) is 0 Å². The van der Waals surface area contributed by atoms with E-state index in [1.165, 1.54) is 0 Å². The molecular weight excluding hydrogens is 280 g/mol. The number of nitrogens with one attached hydrogen (secondary N) is 2. The van der Waals surface area contributed by atoms with Crippen LogP contribution in [0.4, 0.5) is 0 Å². The Bertz CT molecular complexity index is 391. The summed E-state index contributed by atoms with van der Waals surface area (Å²) in [5.41, 5.74) is 0.772. The van der Waals surface area contributed by atoms with Crippen molar-refractivity contribution in [1.82, 2.24) is 10.6 Å². The van der Waals surface area contributed by atoms with Gasteiger partial charge in [-0.05, 0) is 18.7 Å². The van der Waals surface area contributed by atoms with E-state index in [1.54, 1.807) is 14.2 Å². The summed E-state index contributed by atoms with van der Waals surface area (Å²) in [5.74, 6) is 1.29. The van der Waals surface area contributed by atoms with Gasteiger partial charge in [-0.1, -0.05) is 13.0 Å². The Morgan fingerprint density at radius 1 is 1.15 bits per heavy atom. The molecule has 0 saturated carbocycles. The third kappa shape index (κ3) is 5.67. The van der Waals surface area contributed by atoms with Crippen LogP contribution in [-0.2, 0) is 11.2 Å². The molecule has 0 aromatic heterocycles. The molecule has 0 aliphatic rings. The first kappa shape index (κ1) is 18.5. The summed E-state index contributed by atoms with van der Waals surface area (Å²) in [5, 5.41) is 6.00. The number of hydrogen-bond acceptors (Lipinski definition) is 4. The third-order valence-electron chi connectivity index (χ3n) is 2.74. The molecule has 6 heteroatoms. The molecule has 0 aliphatic carbocycles. The van der Waals surface area contributed by atoms with Gasteiger partial charge >= 0.3 is 0 Å². The molecule has 0 saturated heterocycles. The maximum absolute atomic E-state index is 11.9. The highest BCUT2D eigenvalue weighted by Crippen LogP contribution is 2.28. The molecule has 0 bridgehead atoms. The molecule has 2 N–H and O–H groups in total. The van der Waals surface area contributed by atoms with Crippen LogP contribution in [-0.4, -0.2) is 39.8 Å². The van der Waals surface area contributed by atoms with Crippen molar-refractivity contribution in [2.45, 2.75) is 13.3 Å². The average Bonchev–Trinajstić information content (AvgIpc) is 2.43. The number of carbonyl (C=O) groups excluding carboxylic acids is 1. The van der Waals surface area contributed by atoms with Crippen LogP contribution < -0.4 is 20.1 Å². The topological polar surface area (TPSA) is 59.6 Å². The summed E-state index contributed by atoms with van der Waals surface area (Å²) >= 11 is 0. The zero-order valence-electron chi connectivity index (χ0n) is 12.2. The minimum Gasteiger partial charge on any atom is -0.496 e. The van der Waals surface area contributed by atoms with Gasteiger partial charge in [-0.3, -0.25) is 4.79 Å². The molecule has 1 aromatic carbocycles. The lowest BCUT2D eigenvalue weighted by Crippen LogP contribution is -2.32. The number of carbonyl (C=O) groups is 1. The van der Waals surface area contributed by atoms with Gasteiger partial charge in [-0.15, -0.1) is 12.4 Å². The Labute approximate surface area is 126 Å². The van der Waals surface area contributed by atoms with E-state index in [2.05, 4.69) is 10.6 Å². The van der Waals surface area contributed by atoms with Crippen LogP contribution in [0.25, 0.3) is 0 Å². The molecule has 1 rings (SSSR count). The fourth-order valence-corrected chi connectivity index (χ4v) is 1.79. The Morgan fingerprint density at radius 2 is 1.75 bits per heavy atom. The highest BCUT2D eigenvalue weighted by molar-refractivity contribution is 5.85. The molecule has 0 fully saturated rings. The van der Waals surface area contributed by atoms with Crippen LogP contribution in [0.5, 0.6) is 11.5 Å². The highest BCUT2D eigenvalue weighted by atomic mass is 35.5. The summed E-state index contributed by atoms with van der Waals surface area (Å²) in [6, 6.07) is 5.48. The zero-order chi connectivity index (χ0) is 14.1. The van der Waals surface area contributed by atoms with E-state index in [0.29, 0.717) is 18.0 Å². The number of rotatable bonds is 8. The number of hydrogen-bond donors (Lipinski definition) is 2. The van der Waals surface area contributed by atoms with Crippen molar-refractivity contribution in [3.05, 3.63) is 23.8 Å². The summed E-state index contributed by atoms with van der Waals surface area (Å²) in [7, 11) is 3.17. The normalized spacial score (nSPS) is 9.55. The molecule has 0 radical (unpaired) electrons. The van der Waals surface area contributed by atoms with E-state index in [-0.39, 0.29) is 24.7 Å². The van der Waals surface area contributed by atoms with Crippen LogP contribution in [0.1, 0.15) is 12.5 Å². The molecule has 0 atom stereocenters. The van der Waals surface area contributed by atoms with E-state index < -0.39 is 0 Å². The zero-order valence-corrected chi connectivity index (χ0v) is 13.0. The number of amides is 1. The van der Waals surface area contributed by atoms with Gasteiger partial charge in [0.25, 0.3) is 0 Å². The SMILES string of the molecule is CCNCCNC(=O)Cc1c(OC)cccc1OC.Cl. The number of likely N-dealkylation sites (N-methyl/N-ethyl adjacent to an activating group) is 1. The molecule has 114 valence electrons. The van der Waals surface area contributed by atoms with Crippen LogP contribution >= 0.6 is 12.4 Å². The molecule has 20 heavy (non-hydrogen) atoms. The van der Waals surface area contributed by atoms with Crippen molar-refractivity contribution in [2.75, 3.05) is 33.9 Å². The van der Waals surface area contributed by atoms with Gasteiger partial charge in [0.2, 0.25) is 5.91 Å². The largest absolute Gasteiger partial charge is 0.496 e. The highest BCUT2D eigenvalue weighted by Gasteiger charge is 2.13. The van der Waals surface area contributed by atoms with Gasteiger partial charge in [0, 0.05) is 18.7 Å². The smallest absolute Gasteiger partial charge is 0.224 e. The minimum absolute atomic E-state index is 0. The molecule has 0 heterocycles. The predicted octanol–water partition coefficient (Wildman–Crippen LogP) is 1.39. The Balaban J connectivity index is 0.00000361. The third-order valence-corrected chi connectivity index (χ3v) is 2.74. The summed E-state index contributed by atoms with van der Waals surface area (Å²) < 4.78 is 10.5. The fourth-order valence-electron chi connectivity index (χ4n) is 1.79. The maximum atomic E-state index is 11.9. The van der Waals surface area contributed by atoms with Crippen LogP contribution in [0, 0.1) is 0 Å². The first-order valence-electron chi connectivity index (χ1n) is 6.40. The van der Waals surface area contributed by atoms with Gasteiger partial charge < -0.3 is 20.1 Å². The lowest BCUT2D eigenvalue weighted by molar-refractivity contribution is -0.120. The van der Waals surface area contributed by atoms with E-state index >= 15 is 0 Å². The standard InChI is InChI=1S/C14H22N2O3.ClH/c1-4-15-8-9-16-14(17)10-11-12(18-2)6-5-7-13(11)19-3;/h5-7,15H,4,8-10H2,1-3H3,(H,16,17);1H. The monoisotopic (exact) mass is 302 g/mol. The predicted molar refractivity (Wildman–Crippen MR) is 82.1 cm³/mol. The summed E-state index contributed by atoms with van der Waals surface area (Å²) in [6.07, 6.45) is 0.249. The Morgan fingerprint density at radius 3 is 2.25 bits per heavy atom. The molecule has 5 nitrogen and oxygen atoms in total. The number of methoxy groups -OCH3 is 2. The molecular formula is C14H23ClN2O3. The van der Waals surface area contributed by atoms with Gasteiger partial charge in [-0.2, -0.15) is 0 Å². The van der Waals surface area contributed by atoms with Crippen molar-refractivity contribution in [3.8, 4) is 11.5 Å². The van der Waals surface area contributed by atoms with Crippen molar-refractivity contribution < 1.29 is 14.3 Å². The molecule has 1 amide bonds. The lowest BCUT2D eigenvalue weighted by atomic mass is 10.1. The second-order valence-electron chi connectivity index (χ2n) is 4.02. The summed E-state index contributed by atoms with van der Waals surface area (Å²) in [4.78, 5) is 11.9. The van der Waals surface area contributed by atoms with Gasteiger partial charge in [0.1, 0.15) is 11.5 Å². The minimum atomic E-state index is -0.0410. The van der Waals surface area contributed by atoms with Crippen molar-refractivity contribution in [2.24, 2.45) is 0 Å². The molecule has 0 unspecified atom stereocenters. The molecule has 0 aliphatic heterocycles. The van der Waals surface area contributed by atoms with Crippen molar-refractivity contribution in [3.63, 3.8) is 0 Å². The van der Waals surface area contributed by atoms with E-state index in [0.717, 1.165) is 18.7 Å². The summed E-state index contributed by atoms with van der Waals surface area (Å²) in [6.45, 7) is 4.31. The van der Waals surface area contributed by atoms with E-state index in [1.807, 2.05) is 25.1 Å². The molecule has 1 aromatic rings. The first-order chi connectivity index (χ1) is 9.22. The van der Waals surface area contributed by atoms with E-state index in [4.69, 9.17) is 9.47 Å². The first-order valence-corrected chi connectivity index (χ1v) is 6.40. The second-order valence-corrected chi connectivity index (χ2v) is 4.02. The van der Waals surface area contributed by atoms with Gasteiger partial charge in [0.15, 0.2) is 0 Å². The van der Waals surface area contributed by atoms with Crippen molar-refractivity contribution >= 4 is 18.3 Å². The van der Waals surface area contributed by atoms with Gasteiger partial charge in [-0.25, -0.2) is 0 Å². The maximum Gasteiger partial charge on any atom is 0.224 e. The fraction of sp³-hybridized carbons (Fsp3) is 0.500. The van der Waals surface area contributed by atoms with Crippen molar-refractivity contribution in [1.29, 1.82) is 0 Å². The average molecular weight is 303 g/mol. The number of benzene rings is 1. The quantitative estimate of drug-likeness (QED) is 0.713.